The van der Waals surface area contributed by atoms with Crippen LogP contribution in [0.1, 0.15) is 16.1 Å². The van der Waals surface area contributed by atoms with E-state index in [2.05, 4.69) is 9.82 Å². The average molecular weight is 314 g/mol. The monoisotopic (exact) mass is 314 g/mol. The van der Waals surface area contributed by atoms with E-state index in [1.54, 1.807) is 13.8 Å². The Bertz CT molecular complexity index is 688. The standard InChI is InChI=1S/C13H12F2N2O3S/c1-7-3-4-9(14)11(12(7)15)13-16-8(2)10(21-13)5-6-20-17(18)19/h3-4H,5-6H2,1-2H3. The van der Waals surface area contributed by atoms with E-state index < -0.39 is 16.7 Å². The minimum Gasteiger partial charge on any atom is -0.314 e. The minimum atomic E-state index is -0.878. The number of nitrogens with zero attached hydrogens (tertiary/aromatic N) is 2. The van der Waals surface area contributed by atoms with Gasteiger partial charge in [-0.2, -0.15) is 0 Å². The van der Waals surface area contributed by atoms with Crippen LogP contribution in [0, 0.1) is 35.6 Å². The lowest BCUT2D eigenvalue weighted by Gasteiger charge is -2.03. The van der Waals surface area contributed by atoms with Crippen molar-refractivity contribution in [2.24, 2.45) is 0 Å². The minimum absolute atomic E-state index is 0.117. The zero-order valence-corrected chi connectivity index (χ0v) is 12.2. The number of benzene rings is 1. The molecule has 0 fully saturated rings. The molecule has 0 N–H and O–H groups in total. The molecule has 8 heteroatoms. The van der Waals surface area contributed by atoms with Crippen LogP contribution in [0.3, 0.4) is 0 Å². The van der Waals surface area contributed by atoms with Gasteiger partial charge in [-0.3, -0.25) is 0 Å². The van der Waals surface area contributed by atoms with Crippen LogP contribution >= 0.6 is 11.3 Å². The normalized spacial score (nSPS) is 10.7. The highest BCUT2D eigenvalue weighted by Crippen LogP contribution is 2.33. The first-order valence-electron chi connectivity index (χ1n) is 6.08. The summed E-state index contributed by atoms with van der Waals surface area (Å²) in [5.41, 5.74) is 0.754. The third kappa shape index (κ3) is 3.33. The first-order chi connectivity index (χ1) is 9.90. The number of halogens is 2. The highest BCUT2D eigenvalue weighted by atomic mass is 32.1. The Morgan fingerprint density at radius 1 is 1.38 bits per heavy atom. The van der Waals surface area contributed by atoms with Crippen LogP contribution < -0.4 is 0 Å². The van der Waals surface area contributed by atoms with Crippen LogP contribution in [-0.4, -0.2) is 16.7 Å². The summed E-state index contributed by atoms with van der Waals surface area (Å²) in [6.45, 7) is 3.12. The molecule has 0 radical (unpaired) electrons. The van der Waals surface area contributed by atoms with Crippen molar-refractivity contribution in [1.82, 2.24) is 4.98 Å². The third-order valence-electron chi connectivity index (χ3n) is 2.92. The maximum atomic E-state index is 14.1. The first kappa shape index (κ1) is 15.3. The van der Waals surface area contributed by atoms with Gasteiger partial charge in [0.1, 0.15) is 23.2 Å². The Balaban J connectivity index is 2.30. The Morgan fingerprint density at radius 2 is 2.10 bits per heavy atom. The second-order valence-corrected chi connectivity index (χ2v) is 5.47. The van der Waals surface area contributed by atoms with Crippen LogP contribution in [0.4, 0.5) is 8.78 Å². The van der Waals surface area contributed by atoms with Crippen molar-refractivity contribution in [1.29, 1.82) is 0 Å². The SMILES string of the molecule is Cc1ccc(F)c(-c2nc(C)c(CCO[N+](=O)[O-])s2)c1F. The predicted molar refractivity (Wildman–Crippen MR) is 73.6 cm³/mol. The van der Waals surface area contributed by atoms with Crippen molar-refractivity contribution in [2.45, 2.75) is 20.3 Å². The number of thiazole rings is 1. The lowest BCUT2D eigenvalue weighted by Crippen LogP contribution is -2.04. The molecule has 0 aliphatic rings. The zero-order chi connectivity index (χ0) is 15.6. The molecular weight excluding hydrogens is 302 g/mol. The molecule has 21 heavy (non-hydrogen) atoms. The molecule has 0 bridgehead atoms. The molecule has 0 aliphatic carbocycles. The van der Waals surface area contributed by atoms with E-state index in [1.165, 1.54) is 12.1 Å². The fourth-order valence-electron chi connectivity index (χ4n) is 1.83. The van der Waals surface area contributed by atoms with Gasteiger partial charge in [-0.25, -0.2) is 13.8 Å². The summed E-state index contributed by atoms with van der Waals surface area (Å²) in [7, 11) is 0. The Hall–Kier alpha value is -2.09. The summed E-state index contributed by atoms with van der Waals surface area (Å²) in [4.78, 5) is 19.2. The molecule has 0 aliphatic heterocycles. The summed E-state index contributed by atoms with van der Waals surface area (Å²) in [5.74, 6) is -1.32. The summed E-state index contributed by atoms with van der Waals surface area (Å²) in [6, 6.07) is 2.56. The average Bonchev–Trinajstić information content (AvgIpc) is 2.75. The molecule has 0 unspecified atom stereocenters. The van der Waals surface area contributed by atoms with Crippen LogP contribution in [0.15, 0.2) is 12.1 Å². The van der Waals surface area contributed by atoms with Gasteiger partial charge in [0.05, 0.1) is 11.3 Å². The lowest BCUT2D eigenvalue weighted by molar-refractivity contribution is -0.757. The fourth-order valence-corrected chi connectivity index (χ4v) is 2.92. The highest BCUT2D eigenvalue weighted by molar-refractivity contribution is 7.15. The Kier molecular flexibility index (Phi) is 4.46. The van der Waals surface area contributed by atoms with Gasteiger partial charge in [-0.05, 0) is 25.5 Å². The van der Waals surface area contributed by atoms with Gasteiger partial charge in [0.15, 0.2) is 0 Å². The van der Waals surface area contributed by atoms with Gasteiger partial charge in [0, 0.05) is 11.3 Å². The van der Waals surface area contributed by atoms with E-state index in [4.69, 9.17) is 0 Å². The quantitative estimate of drug-likeness (QED) is 0.626. The molecule has 0 spiro atoms. The van der Waals surface area contributed by atoms with Gasteiger partial charge < -0.3 is 4.84 Å². The maximum Gasteiger partial charge on any atom is 0.294 e. The first-order valence-corrected chi connectivity index (χ1v) is 6.90. The van der Waals surface area contributed by atoms with Crippen LogP contribution in [0.2, 0.25) is 0 Å². The van der Waals surface area contributed by atoms with E-state index in [0.717, 1.165) is 11.3 Å². The van der Waals surface area contributed by atoms with Crippen LogP contribution in [0.25, 0.3) is 10.6 Å². The van der Waals surface area contributed by atoms with Crippen molar-refractivity contribution >= 4 is 11.3 Å². The summed E-state index contributed by atoms with van der Waals surface area (Å²) < 4.78 is 27.9. The molecule has 1 heterocycles. The maximum absolute atomic E-state index is 14.1. The van der Waals surface area contributed by atoms with Crippen molar-refractivity contribution in [2.75, 3.05) is 6.61 Å². The Labute approximate surface area is 123 Å². The predicted octanol–water partition coefficient (Wildman–Crippen LogP) is 3.46. The molecule has 0 amide bonds. The van der Waals surface area contributed by atoms with E-state index >= 15 is 0 Å². The largest absolute Gasteiger partial charge is 0.314 e. The molecular formula is C13H12F2N2O3S. The molecule has 1 aromatic heterocycles. The van der Waals surface area contributed by atoms with Crippen LogP contribution in [-0.2, 0) is 11.3 Å². The van der Waals surface area contributed by atoms with E-state index in [-0.39, 0.29) is 23.6 Å². The summed E-state index contributed by atoms with van der Waals surface area (Å²) in [6.07, 6.45) is 0.263. The van der Waals surface area contributed by atoms with E-state index in [1.807, 2.05) is 0 Å². The van der Waals surface area contributed by atoms with Gasteiger partial charge >= 0.3 is 0 Å². The third-order valence-corrected chi connectivity index (χ3v) is 4.15. The molecule has 112 valence electrons. The van der Waals surface area contributed by atoms with Crippen molar-refractivity contribution < 1.29 is 18.7 Å². The lowest BCUT2D eigenvalue weighted by atomic mass is 10.1. The molecule has 5 nitrogen and oxygen atoms in total. The second-order valence-electron chi connectivity index (χ2n) is 4.39. The number of hydrogen-bond acceptors (Lipinski definition) is 5. The zero-order valence-electron chi connectivity index (χ0n) is 11.4. The van der Waals surface area contributed by atoms with E-state index in [0.29, 0.717) is 16.1 Å². The van der Waals surface area contributed by atoms with E-state index in [9.17, 15) is 18.9 Å². The molecule has 1 aromatic carbocycles. The van der Waals surface area contributed by atoms with Crippen molar-refractivity contribution in [3.63, 3.8) is 0 Å². The molecule has 0 saturated carbocycles. The molecule has 2 aromatic rings. The summed E-state index contributed by atoms with van der Waals surface area (Å²) >= 11 is 1.11. The number of aromatic nitrogens is 1. The fraction of sp³-hybridized carbons (Fsp3) is 0.308. The number of aryl methyl sites for hydroxylation is 2. The molecule has 2 rings (SSSR count). The van der Waals surface area contributed by atoms with Gasteiger partial charge in [-0.1, -0.05) is 6.07 Å². The van der Waals surface area contributed by atoms with Crippen molar-refractivity contribution in [3.8, 4) is 10.6 Å². The smallest absolute Gasteiger partial charge is 0.294 e. The topological polar surface area (TPSA) is 65.3 Å². The summed E-state index contributed by atoms with van der Waals surface area (Å²) in [5, 5.41) is 9.45. The Morgan fingerprint density at radius 3 is 2.76 bits per heavy atom. The number of hydrogen-bond donors (Lipinski definition) is 0. The van der Waals surface area contributed by atoms with Gasteiger partial charge in [0.2, 0.25) is 0 Å². The van der Waals surface area contributed by atoms with Crippen molar-refractivity contribution in [3.05, 3.63) is 50.0 Å². The van der Waals surface area contributed by atoms with Gasteiger partial charge in [0.25, 0.3) is 5.09 Å². The second kappa shape index (κ2) is 6.13. The molecule has 0 saturated heterocycles. The van der Waals surface area contributed by atoms with Gasteiger partial charge in [-0.15, -0.1) is 21.5 Å². The number of rotatable bonds is 5. The van der Waals surface area contributed by atoms with Crippen LogP contribution in [0.5, 0.6) is 0 Å². The molecule has 0 atom stereocenters. The highest BCUT2D eigenvalue weighted by Gasteiger charge is 2.18.